The Kier molecular flexibility index (Phi) is 4.66. The predicted molar refractivity (Wildman–Crippen MR) is 97.5 cm³/mol. The minimum Gasteiger partial charge on any atom is -0.325 e. The fourth-order valence-electron chi connectivity index (χ4n) is 2.31. The maximum Gasteiger partial charge on any atom is 0.259 e. The molecule has 0 aliphatic carbocycles. The van der Waals surface area contributed by atoms with Gasteiger partial charge in [-0.3, -0.25) is 9.59 Å². The molecule has 1 aromatic heterocycles. The molecule has 2 aromatic carbocycles. The van der Waals surface area contributed by atoms with Crippen molar-refractivity contribution in [3.8, 4) is 0 Å². The number of aromatic nitrogens is 2. The van der Waals surface area contributed by atoms with Gasteiger partial charge in [0.25, 0.3) is 5.56 Å². The number of thioether (sulfide) groups is 1. The molecule has 0 radical (unpaired) electrons. The van der Waals surface area contributed by atoms with Crippen LogP contribution < -0.4 is 10.9 Å². The van der Waals surface area contributed by atoms with E-state index in [9.17, 15) is 9.59 Å². The van der Waals surface area contributed by atoms with Crippen LogP contribution in [0.4, 0.5) is 5.69 Å². The van der Waals surface area contributed by atoms with E-state index in [2.05, 4.69) is 15.3 Å². The van der Waals surface area contributed by atoms with Crippen molar-refractivity contribution in [2.24, 2.45) is 0 Å². The highest BCUT2D eigenvalue weighted by molar-refractivity contribution is 8.00. The van der Waals surface area contributed by atoms with Crippen molar-refractivity contribution in [2.75, 3.05) is 5.32 Å². The Hall–Kier alpha value is -2.60. The molecule has 2 N–H and O–H groups in total. The quantitative estimate of drug-likeness (QED) is 0.565. The Morgan fingerprint density at radius 1 is 1.21 bits per heavy atom. The summed E-state index contributed by atoms with van der Waals surface area (Å²) in [5.74, 6) is -0.138. The third-order valence-electron chi connectivity index (χ3n) is 3.53. The lowest BCUT2D eigenvalue weighted by Crippen LogP contribution is -2.23. The molecule has 1 amide bonds. The van der Waals surface area contributed by atoms with Crippen LogP contribution in [0.15, 0.2) is 58.5 Å². The van der Waals surface area contributed by atoms with Crippen molar-refractivity contribution in [1.29, 1.82) is 0 Å². The van der Waals surface area contributed by atoms with Gasteiger partial charge in [0, 0.05) is 5.69 Å². The van der Waals surface area contributed by atoms with Gasteiger partial charge >= 0.3 is 0 Å². The van der Waals surface area contributed by atoms with E-state index in [0.717, 1.165) is 11.3 Å². The Balaban J connectivity index is 1.75. The van der Waals surface area contributed by atoms with E-state index in [1.54, 1.807) is 25.1 Å². The van der Waals surface area contributed by atoms with Crippen LogP contribution >= 0.6 is 11.8 Å². The SMILES string of the molecule is Cc1cccc(NC(=O)C(C)Sc2nc3ccccc3c(=O)[nH]2)c1. The average Bonchev–Trinajstić information content (AvgIpc) is 2.55. The molecular formula is C18H17N3O2S. The van der Waals surface area contributed by atoms with Gasteiger partial charge in [0.05, 0.1) is 16.2 Å². The molecule has 5 nitrogen and oxygen atoms in total. The largest absolute Gasteiger partial charge is 0.325 e. The number of hydrogen-bond donors (Lipinski definition) is 2. The van der Waals surface area contributed by atoms with Crippen LogP contribution in [0, 0.1) is 6.92 Å². The molecule has 3 rings (SSSR count). The molecule has 1 heterocycles. The van der Waals surface area contributed by atoms with Gasteiger partial charge in [0.2, 0.25) is 5.91 Å². The zero-order valence-corrected chi connectivity index (χ0v) is 14.2. The Morgan fingerprint density at radius 2 is 2.00 bits per heavy atom. The number of hydrogen-bond acceptors (Lipinski definition) is 4. The highest BCUT2D eigenvalue weighted by atomic mass is 32.2. The summed E-state index contributed by atoms with van der Waals surface area (Å²) in [5, 5.41) is 3.46. The first-order valence-corrected chi connectivity index (χ1v) is 8.44. The molecule has 1 atom stereocenters. The van der Waals surface area contributed by atoms with Crippen molar-refractivity contribution >= 4 is 34.3 Å². The van der Waals surface area contributed by atoms with E-state index < -0.39 is 5.25 Å². The van der Waals surface area contributed by atoms with Crippen LogP contribution in [0.5, 0.6) is 0 Å². The number of carbonyl (C=O) groups is 1. The third kappa shape index (κ3) is 3.65. The lowest BCUT2D eigenvalue weighted by atomic mass is 10.2. The van der Waals surface area contributed by atoms with Gasteiger partial charge in [-0.15, -0.1) is 0 Å². The zero-order valence-electron chi connectivity index (χ0n) is 13.4. The number of nitrogens with zero attached hydrogens (tertiary/aromatic N) is 1. The normalized spacial score (nSPS) is 12.1. The van der Waals surface area contributed by atoms with Crippen LogP contribution in [-0.4, -0.2) is 21.1 Å². The number of rotatable bonds is 4. The van der Waals surface area contributed by atoms with Crippen molar-refractivity contribution in [2.45, 2.75) is 24.3 Å². The number of nitrogens with one attached hydrogen (secondary N) is 2. The number of aromatic amines is 1. The Morgan fingerprint density at radius 3 is 2.79 bits per heavy atom. The van der Waals surface area contributed by atoms with Crippen LogP contribution in [-0.2, 0) is 4.79 Å². The van der Waals surface area contributed by atoms with Gasteiger partial charge in [0.15, 0.2) is 5.16 Å². The lowest BCUT2D eigenvalue weighted by molar-refractivity contribution is -0.115. The molecule has 6 heteroatoms. The maximum absolute atomic E-state index is 12.3. The molecule has 0 spiro atoms. The number of amides is 1. The van der Waals surface area contributed by atoms with Gasteiger partial charge in [-0.1, -0.05) is 36.0 Å². The number of aryl methyl sites for hydroxylation is 1. The van der Waals surface area contributed by atoms with Crippen molar-refractivity contribution in [3.63, 3.8) is 0 Å². The molecule has 0 bridgehead atoms. The molecular weight excluding hydrogens is 322 g/mol. The van der Waals surface area contributed by atoms with E-state index >= 15 is 0 Å². The molecule has 24 heavy (non-hydrogen) atoms. The summed E-state index contributed by atoms with van der Waals surface area (Å²) < 4.78 is 0. The molecule has 0 saturated carbocycles. The van der Waals surface area contributed by atoms with Crippen molar-refractivity contribution in [1.82, 2.24) is 9.97 Å². The standard InChI is InChI=1S/C18H17N3O2S/c1-11-6-5-7-13(10-11)19-16(22)12(2)24-18-20-15-9-4-3-8-14(15)17(23)21-18/h3-10,12H,1-2H3,(H,19,22)(H,20,21,23). The van der Waals surface area contributed by atoms with Crippen LogP contribution in [0.1, 0.15) is 12.5 Å². The maximum atomic E-state index is 12.3. The van der Waals surface area contributed by atoms with Gasteiger partial charge < -0.3 is 10.3 Å². The first kappa shape index (κ1) is 16.3. The van der Waals surface area contributed by atoms with Gasteiger partial charge in [-0.2, -0.15) is 0 Å². The number of carbonyl (C=O) groups excluding carboxylic acids is 1. The minimum absolute atomic E-state index is 0.138. The summed E-state index contributed by atoms with van der Waals surface area (Å²) in [6, 6.07) is 14.8. The fourth-order valence-corrected chi connectivity index (χ4v) is 3.11. The van der Waals surface area contributed by atoms with Crippen LogP contribution in [0.3, 0.4) is 0 Å². The summed E-state index contributed by atoms with van der Waals surface area (Å²) in [6.45, 7) is 3.75. The molecule has 0 fully saturated rings. The summed E-state index contributed by atoms with van der Waals surface area (Å²) in [4.78, 5) is 31.5. The van der Waals surface area contributed by atoms with Crippen LogP contribution in [0.25, 0.3) is 10.9 Å². The van der Waals surface area contributed by atoms with Gasteiger partial charge in [0.1, 0.15) is 0 Å². The third-order valence-corrected chi connectivity index (χ3v) is 4.52. The fraction of sp³-hybridized carbons (Fsp3) is 0.167. The Bertz CT molecular complexity index is 952. The molecule has 0 aliphatic rings. The Labute approximate surface area is 143 Å². The second-order valence-corrected chi connectivity index (χ2v) is 6.84. The summed E-state index contributed by atoms with van der Waals surface area (Å²) >= 11 is 1.23. The molecule has 0 aliphatic heterocycles. The molecule has 122 valence electrons. The summed E-state index contributed by atoms with van der Waals surface area (Å²) in [6.07, 6.45) is 0. The minimum atomic E-state index is -0.394. The van der Waals surface area contributed by atoms with E-state index in [-0.39, 0.29) is 11.5 Å². The van der Waals surface area contributed by atoms with Crippen molar-refractivity contribution < 1.29 is 4.79 Å². The molecule has 0 saturated heterocycles. The topological polar surface area (TPSA) is 74.8 Å². The first-order valence-electron chi connectivity index (χ1n) is 7.56. The van der Waals surface area contributed by atoms with Gasteiger partial charge in [-0.25, -0.2) is 4.98 Å². The van der Waals surface area contributed by atoms with Crippen molar-refractivity contribution in [3.05, 3.63) is 64.4 Å². The van der Waals surface area contributed by atoms with Crippen LogP contribution in [0.2, 0.25) is 0 Å². The summed E-state index contributed by atoms with van der Waals surface area (Å²) in [7, 11) is 0. The number of fused-ring (bicyclic) bond motifs is 1. The molecule has 3 aromatic rings. The van der Waals surface area contributed by atoms with Gasteiger partial charge in [-0.05, 0) is 43.7 Å². The summed E-state index contributed by atoms with van der Waals surface area (Å²) in [5.41, 5.74) is 2.26. The smallest absolute Gasteiger partial charge is 0.259 e. The predicted octanol–water partition coefficient (Wildman–Crippen LogP) is 3.35. The zero-order chi connectivity index (χ0) is 17.1. The van der Waals surface area contributed by atoms with E-state index in [0.29, 0.717) is 16.1 Å². The van der Waals surface area contributed by atoms with E-state index in [1.807, 2.05) is 37.3 Å². The first-order chi connectivity index (χ1) is 11.5. The number of benzene rings is 2. The second kappa shape index (κ2) is 6.88. The lowest BCUT2D eigenvalue weighted by Gasteiger charge is -2.12. The average molecular weight is 339 g/mol. The number of H-pyrrole nitrogens is 1. The molecule has 1 unspecified atom stereocenters. The van der Waals surface area contributed by atoms with E-state index in [1.165, 1.54) is 11.8 Å². The number of anilines is 1. The second-order valence-electron chi connectivity index (χ2n) is 5.51. The highest BCUT2D eigenvalue weighted by Gasteiger charge is 2.16. The van der Waals surface area contributed by atoms with E-state index in [4.69, 9.17) is 0 Å². The monoisotopic (exact) mass is 339 g/mol. The number of para-hydroxylation sites is 1. The highest BCUT2D eigenvalue weighted by Crippen LogP contribution is 2.21.